The lowest BCUT2D eigenvalue weighted by Gasteiger charge is -2.28. The van der Waals surface area contributed by atoms with Crippen LogP contribution in [-0.2, 0) is 25.6 Å². The van der Waals surface area contributed by atoms with Gasteiger partial charge < -0.3 is 28.7 Å². The molecule has 5 aromatic rings. The third-order valence-corrected chi connectivity index (χ3v) is 12.3. The highest BCUT2D eigenvalue weighted by Gasteiger charge is 2.29. The number of thiazole rings is 1. The van der Waals surface area contributed by atoms with Gasteiger partial charge in [0.1, 0.15) is 22.8 Å². The molecule has 0 atom stereocenters. The molecule has 2 aliphatic rings. The smallest absolute Gasteiger partial charge is 0.333 e. The molecule has 0 amide bonds. The van der Waals surface area contributed by atoms with Crippen LogP contribution in [0.25, 0.3) is 16.3 Å². The number of nitrogens with zero attached hydrogens (tertiary/aromatic N) is 3. The maximum atomic E-state index is 12.3. The van der Waals surface area contributed by atoms with E-state index < -0.39 is 11.9 Å². The number of para-hydroxylation sites is 2. The van der Waals surface area contributed by atoms with Crippen molar-refractivity contribution in [3.05, 3.63) is 166 Å². The van der Waals surface area contributed by atoms with Crippen molar-refractivity contribution in [2.24, 2.45) is 0 Å². The molecule has 1 aliphatic heterocycles. The summed E-state index contributed by atoms with van der Waals surface area (Å²) in [6, 6.07) is 33.0. The second-order valence-corrected chi connectivity index (χ2v) is 16.4. The molecule has 0 fully saturated rings. The van der Waals surface area contributed by atoms with E-state index in [4.69, 9.17) is 18.9 Å². The van der Waals surface area contributed by atoms with Gasteiger partial charge in [0.25, 0.3) is 5.01 Å². The van der Waals surface area contributed by atoms with Crippen molar-refractivity contribution in [1.82, 2.24) is 0 Å². The number of methoxy groups -OCH3 is 2. The molecule has 9 nitrogen and oxygen atoms in total. The zero-order chi connectivity index (χ0) is 42.2. The molecule has 1 aliphatic carbocycles. The highest BCUT2D eigenvalue weighted by Crippen LogP contribution is 2.48. The first-order valence-electron chi connectivity index (χ1n) is 19.7. The predicted molar refractivity (Wildman–Crippen MR) is 243 cm³/mol. The van der Waals surface area contributed by atoms with Crippen LogP contribution in [0.3, 0.4) is 0 Å². The van der Waals surface area contributed by atoms with Gasteiger partial charge in [0.15, 0.2) is 13.2 Å². The maximum absolute atomic E-state index is 12.3. The first-order valence-corrected chi connectivity index (χ1v) is 21.3. The Morgan fingerprint density at radius 2 is 1.42 bits per heavy atom. The van der Waals surface area contributed by atoms with Crippen LogP contribution >= 0.6 is 23.1 Å². The Labute approximate surface area is 359 Å². The molecular formula is C49H48N3O6S2+. The molecule has 0 bridgehead atoms. The highest BCUT2D eigenvalue weighted by molar-refractivity contribution is 8.03. The van der Waals surface area contributed by atoms with E-state index in [1.807, 2.05) is 36.4 Å². The molecule has 2 heterocycles. The van der Waals surface area contributed by atoms with Gasteiger partial charge >= 0.3 is 11.9 Å². The Bertz CT molecular complexity index is 2520. The molecule has 0 spiro atoms. The van der Waals surface area contributed by atoms with Crippen LogP contribution in [-0.4, -0.2) is 45.9 Å². The number of esters is 2. The van der Waals surface area contributed by atoms with Crippen LogP contribution in [0.5, 0.6) is 11.5 Å². The van der Waals surface area contributed by atoms with Gasteiger partial charge in [-0.25, -0.2) is 9.59 Å². The molecule has 0 saturated heterocycles. The zero-order valence-electron chi connectivity index (χ0n) is 34.3. The summed E-state index contributed by atoms with van der Waals surface area (Å²) in [6.07, 6.45) is 10.4. The SMILES string of the molecule is C=C(C)C(=O)OCCN1/C(=C/C=C2\CCC(/C=C/c3sc4ccc(OC)cc4[n+]3CCOC(=O)C(=C)C)=C2N(c2ccccc2)c2ccccc2)Sc2ccc(OC)cc21. The summed E-state index contributed by atoms with van der Waals surface area (Å²) in [5.41, 5.74) is 8.29. The van der Waals surface area contributed by atoms with E-state index >= 15 is 0 Å². The Balaban J connectivity index is 1.32. The Hall–Kier alpha value is -6.30. The van der Waals surface area contributed by atoms with E-state index in [-0.39, 0.29) is 13.2 Å². The van der Waals surface area contributed by atoms with Crippen LogP contribution in [0.15, 0.2) is 166 Å². The molecule has 0 N–H and O–H groups in total. The van der Waals surface area contributed by atoms with E-state index in [1.54, 1.807) is 51.2 Å². The molecule has 60 heavy (non-hydrogen) atoms. The molecule has 0 unspecified atom stereocenters. The summed E-state index contributed by atoms with van der Waals surface area (Å²) in [5, 5.41) is 2.03. The minimum atomic E-state index is -0.407. The second-order valence-electron chi connectivity index (χ2n) is 14.3. The molecular weight excluding hydrogens is 791 g/mol. The molecule has 0 radical (unpaired) electrons. The van der Waals surface area contributed by atoms with E-state index in [1.165, 1.54) is 11.1 Å². The fraction of sp³-hybridized carbons (Fsp3) is 0.204. The third-order valence-electron chi connectivity index (χ3n) is 10.0. The molecule has 306 valence electrons. The third kappa shape index (κ3) is 9.43. The van der Waals surface area contributed by atoms with Crippen LogP contribution in [0.1, 0.15) is 31.7 Å². The summed E-state index contributed by atoms with van der Waals surface area (Å²) in [5.74, 6) is 0.693. The maximum Gasteiger partial charge on any atom is 0.333 e. The van der Waals surface area contributed by atoms with Gasteiger partial charge in [0, 0.05) is 39.6 Å². The quantitative estimate of drug-likeness (QED) is 0.0548. The van der Waals surface area contributed by atoms with Crippen LogP contribution < -0.4 is 23.8 Å². The lowest BCUT2D eigenvalue weighted by Crippen LogP contribution is -2.37. The monoisotopic (exact) mass is 838 g/mol. The largest absolute Gasteiger partial charge is 0.497 e. The average molecular weight is 839 g/mol. The van der Waals surface area contributed by atoms with Gasteiger partial charge in [-0.05, 0) is 98.5 Å². The number of rotatable bonds is 16. The van der Waals surface area contributed by atoms with Gasteiger partial charge in [0.2, 0.25) is 5.52 Å². The standard InChI is InChI=1S/C49H48N3O6S2/c1-33(2)48(53)57-29-27-50-41-31-39(55-5)21-23-43(41)59-45(50)25-19-35-17-18-36(47(35)52(37-13-9-7-10-14-37)38-15-11-8-12-16-38)20-26-46-51(28-30-58-49(54)34(3)4)42-32-40(56-6)22-24-44(42)60-46/h7-16,19-26,31-32H,1,3,17-18,27-30H2,2,4-6H3/q+1. The van der Waals surface area contributed by atoms with Gasteiger partial charge in [-0.3, -0.25) is 0 Å². The number of anilines is 3. The summed E-state index contributed by atoms with van der Waals surface area (Å²) in [4.78, 5) is 30.2. The topological polar surface area (TPSA) is 81.4 Å². The number of hydrogen-bond acceptors (Lipinski definition) is 10. The number of allylic oxidation sites excluding steroid dienone is 5. The fourth-order valence-electron chi connectivity index (χ4n) is 7.06. The average Bonchev–Trinajstić information content (AvgIpc) is 3.94. The zero-order valence-corrected chi connectivity index (χ0v) is 35.9. The number of benzene rings is 4. The lowest BCUT2D eigenvalue weighted by molar-refractivity contribution is -0.669. The Morgan fingerprint density at radius 3 is 2.07 bits per heavy atom. The molecule has 11 heteroatoms. The summed E-state index contributed by atoms with van der Waals surface area (Å²) in [6.45, 7) is 12.1. The first-order chi connectivity index (χ1) is 29.1. The number of aromatic nitrogens is 1. The van der Waals surface area contributed by atoms with Crippen LogP contribution in [0.4, 0.5) is 17.1 Å². The van der Waals surface area contributed by atoms with Crippen molar-refractivity contribution in [3.8, 4) is 11.5 Å². The Kier molecular flexibility index (Phi) is 13.4. The van der Waals surface area contributed by atoms with Crippen molar-refractivity contribution in [1.29, 1.82) is 0 Å². The normalized spacial score (nSPS) is 14.9. The van der Waals surface area contributed by atoms with E-state index in [2.05, 4.69) is 112 Å². The number of thioether (sulfide) groups is 1. The number of carbonyl (C=O) groups excluding carboxylic acids is 2. The molecule has 7 rings (SSSR count). The second kappa shape index (κ2) is 19.2. The van der Waals surface area contributed by atoms with E-state index in [0.29, 0.717) is 24.2 Å². The van der Waals surface area contributed by atoms with Crippen molar-refractivity contribution < 1.29 is 33.1 Å². The number of ether oxygens (including phenoxy) is 4. The molecule has 0 saturated carbocycles. The summed E-state index contributed by atoms with van der Waals surface area (Å²) < 4.78 is 25.6. The number of fused-ring (bicyclic) bond motifs is 2. The molecule has 1 aromatic heterocycles. The van der Waals surface area contributed by atoms with Gasteiger partial charge in [-0.1, -0.05) is 78.7 Å². The minimum absolute atomic E-state index is 0.202. The highest BCUT2D eigenvalue weighted by atomic mass is 32.2. The molecule has 4 aromatic carbocycles. The van der Waals surface area contributed by atoms with Gasteiger partial charge in [-0.15, -0.1) is 0 Å². The van der Waals surface area contributed by atoms with Crippen molar-refractivity contribution in [2.75, 3.05) is 43.8 Å². The Morgan fingerprint density at radius 1 is 0.783 bits per heavy atom. The fourth-order valence-corrected chi connectivity index (χ4v) is 9.20. The van der Waals surface area contributed by atoms with Crippen LogP contribution in [0, 0.1) is 0 Å². The summed E-state index contributed by atoms with van der Waals surface area (Å²) in [7, 11) is 3.32. The van der Waals surface area contributed by atoms with Gasteiger partial charge in [-0.2, -0.15) is 4.57 Å². The minimum Gasteiger partial charge on any atom is -0.497 e. The first kappa shape index (κ1) is 41.8. The van der Waals surface area contributed by atoms with Crippen LogP contribution in [0.2, 0.25) is 0 Å². The number of hydrogen-bond donors (Lipinski definition) is 0. The summed E-state index contributed by atoms with van der Waals surface area (Å²) >= 11 is 3.35. The van der Waals surface area contributed by atoms with E-state index in [9.17, 15) is 9.59 Å². The van der Waals surface area contributed by atoms with Crippen molar-refractivity contribution >= 4 is 68.4 Å². The van der Waals surface area contributed by atoms with E-state index in [0.717, 1.165) is 72.2 Å². The number of carbonyl (C=O) groups is 2. The lowest BCUT2D eigenvalue weighted by atomic mass is 10.1. The van der Waals surface area contributed by atoms with Crippen molar-refractivity contribution in [3.63, 3.8) is 0 Å². The van der Waals surface area contributed by atoms with Gasteiger partial charge in [0.05, 0.1) is 43.2 Å². The predicted octanol–water partition coefficient (Wildman–Crippen LogP) is 10.7. The van der Waals surface area contributed by atoms with Crippen molar-refractivity contribution in [2.45, 2.75) is 38.1 Å².